The minimum atomic E-state index is -0.619. The van der Waals surface area contributed by atoms with Crippen molar-refractivity contribution in [2.24, 2.45) is 10.9 Å². The smallest absolute Gasteiger partial charge is 0.191 e. The summed E-state index contributed by atoms with van der Waals surface area (Å²) in [5.74, 6) is 0.245. The summed E-state index contributed by atoms with van der Waals surface area (Å²) in [5, 5.41) is 15.6. The van der Waals surface area contributed by atoms with E-state index in [2.05, 4.69) is 36.4 Å². The Kier molecular flexibility index (Phi) is 6.28. The van der Waals surface area contributed by atoms with Crippen LogP contribution in [0.25, 0.3) is 0 Å². The lowest BCUT2D eigenvalue weighted by molar-refractivity contribution is 0.432. The van der Waals surface area contributed by atoms with Crippen molar-refractivity contribution in [2.45, 2.75) is 40.3 Å². The zero-order valence-corrected chi connectivity index (χ0v) is 12.6. The van der Waals surface area contributed by atoms with Gasteiger partial charge in [-0.05, 0) is 37.5 Å². The molecular weight excluding hydrogens is 257 g/mol. The van der Waals surface area contributed by atoms with Gasteiger partial charge in [0.2, 0.25) is 0 Å². The highest BCUT2D eigenvalue weighted by Crippen LogP contribution is 2.16. The molecule has 1 rings (SSSR count). The van der Waals surface area contributed by atoms with Crippen molar-refractivity contribution >= 4 is 5.96 Å². The Morgan fingerprint density at radius 3 is 2.60 bits per heavy atom. The Hall–Kier alpha value is -1.78. The molecule has 0 bridgehead atoms. The van der Waals surface area contributed by atoms with Crippen molar-refractivity contribution in [2.75, 3.05) is 6.54 Å². The summed E-state index contributed by atoms with van der Waals surface area (Å²) in [6.45, 7) is 9.49. The SMILES string of the molecule is CCNC(=NCc1ccc(O)c(F)c1)NC(C)C(C)C. The van der Waals surface area contributed by atoms with Crippen LogP contribution >= 0.6 is 0 Å². The lowest BCUT2D eigenvalue weighted by Crippen LogP contribution is -2.44. The molecule has 1 atom stereocenters. The molecule has 112 valence electrons. The third kappa shape index (κ3) is 5.07. The third-order valence-electron chi connectivity index (χ3n) is 3.14. The molecule has 3 N–H and O–H groups in total. The normalized spacial score (nSPS) is 13.4. The van der Waals surface area contributed by atoms with E-state index in [1.807, 2.05) is 6.92 Å². The van der Waals surface area contributed by atoms with Gasteiger partial charge in [0.05, 0.1) is 6.54 Å². The molecule has 0 spiro atoms. The lowest BCUT2D eigenvalue weighted by Gasteiger charge is -2.20. The number of benzene rings is 1. The summed E-state index contributed by atoms with van der Waals surface area (Å²) in [7, 11) is 0. The lowest BCUT2D eigenvalue weighted by atomic mass is 10.1. The Bertz CT molecular complexity index is 460. The number of hydrogen-bond acceptors (Lipinski definition) is 2. The largest absolute Gasteiger partial charge is 0.505 e. The maximum absolute atomic E-state index is 13.2. The minimum absolute atomic E-state index is 0.296. The van der Waals surface area contributed by atoms with Gasteiger partial charge in [-0.25, -0.2) is 9.38 Å². The summed E-state index contributed by atoms with van der Waals surface area (Å²) in [4.78, 5) is 4.42. The molecule has 0 amide bonds. The fourth-order valence-corrected chi connectivity index (χ4v) is 1.52. The molecule has 5 heteroatoms. The molecule has 1 unspecified atom stereocenters. The van der Waals surface area contributed by atoms with Crippen LogP contribution in [0.1, 0.15) is 33.3 Å². The van der Waals surface area contributed by atoms with Gasteiger partial charge in [0.1, 0.15) is 0 Å². The van der Waals surface area contributed by atoms with E-state index in [4.69, 9.17) is 5.11 Å². The Labute approximate surface area is 120 Å². The molecule has 0 aliphatic rings. The third-order valence-corrected chi connectivity index (χ3v) is 3.14. The molecule has 20 heavy (non-hydrogen) atoms. The molecule has 0 saturated carbocycles. The molecule has 1 aromatic carbocycles. The van der Waals surface area contributed by atoms with Crippen molar-refractivity contribution in [3.05, 3.63) is 29.6 Å². The van der Waals surface area contributed by atoms with E-state index in [0.717, 1.165) is 12.1 Å². The van der Waals surface area contributed by atoms with E-state index in [-0.39, 0.29) is 5.75 Å². The second-order valence-electron chi connectivity index (χ2n) is 5.16. The van der Waals surface area contributed by atoms with Crippen molar-refractivity contribution in [1.29, 1.82) is 0 Å². The van der Waals surface area contributed by atoms with Gasteiger partial charge in [-0.3, -0.25) is 0 Å². The number of nitrogens with zero attached hydrogens (tertiary/aromatic N) is 1. The van der Waals surface area contributed by atoms with E-state index in [9.17, 15) is 4.39 Å². The summed E-state index contributed by atoms with van der Waals surface area (Å²) >= 11 is 0. The first-order chi connectivity index (χ1) is 9.43. The van der Waals surface area contributed by atoms with Crippen LogP contribution in [-0.4, -0.2) is 23.7 Å². The minimum Gasteiger partial charge on any atom is -0.505 e. The number of phenols is 1. The monoisotopic (exact) mass is 281 g/mol. The van der Waals surface area contributed by atoms with Crippen LogP contribution in [0.4, 0.5) is 4.39 Å². The molecule has 0 aromatic heterocycles. The van der Waals surface area contributed by atoms with E-state index >= 15 is 0 Å². The predicted molar refractivity (Wildman–Crippen MR) is 80.3 cm³/mol. The van der Waals surface area contributed by atoms with Crippen molar-refractivity contribution < 1.29 is 9.50 Å². The molecule has 0 radical (unpaired) electrons. The van der Waals surface area contributed by atoms with Gasteiger partial charge in [0.15, 0.2) is 17.5 Å². The van der Waals surface area contributed by atoms with E-state index < -0.39 is 5.82 Å². The predicted octanol–water partition coefficient (Wildman–Crippen LogP) is 2.63. The van der Waals surface area contributed by atoms with Crippen molar-refractivity contribution in [1.82, 2.24) is 10.6 Å². The second kappa shape index (κ2) is 7.72. The van der Waals surface area contributed by atoms with Crippen LogP contribution in [0.15, 0.2) is 23.2 Å². The number of halogens is 1. The summed E-state index contributed by atoms with van der Waals surface area (Å²) in [5.41, 5.74) is 0.717. The summed E-state index contributed by atoms with van der Waals surface area (Å²) in [6.07, 6.45) is 0. The zero-order chi connectivity index (χ0) is 15.1. The van der Waals surface area contributed by atoms with Gasteiger partial charge in [0, 0.05) is 12.6 Å². The first-order valence-electron chi connectivity index (χ1n) is 6.96. The van der Waals surface area contributed by atoms with Gasteiger partial charge in [-0.1, -0.05) is 19.9 Å². The first-order valence-corrected chi connectivity index (χ1v) is 6.96. The number of aliphatic imine (C=N–C) groups is 1. The molecule has 0 heterocycles. The van der Waals surface area contributed by atoms with Crippen LogP contribution < -0.4 is 10.6 Å². The average Bonchev–Trinajstić information content (AvgIpc) is 2.39. The maximum Gasteiger partial charge on any atom is 0.191 e. The second-order valence-corrected chi connectivity index (χ2v) is 5.16. The van der Waals surface area contributed by atoms with E-state index in [1.54, 1.807) is 6.07 Å². The summed E-state index contributed by atoms with van der Waals surface area (Å²) in [6, 6.07) is 4.60. The standard InChI is InChI=1S/C15H24FN3O/c1-5-17-15(19-11(4)10(2)3)18-9-12-6-7-14(20)13(16)8-12/h6-8,10-11,20H,5,9H2,1-4H3,(H2,17,18,19). The molecule has 0 aliphatic carbocycles. The average molecular weight is 281 g/mol. The highest BCUT2D eigenvalue weighted by molar-refractivity contribution is 5.80. The fraction of sp³-hybridized carbons (Fsp3) is 0.533. The highest BCUT2D eigenvalue weighted by atomic mass is 19.1. The van der Waals surface area contributed by atoms with Gasteiger partial charge in [-0.2, -0.15) is 0 Å². The first kappa shape index (κ1) is 16.3. The van der Waals surface area contributed by atoms with Gasteiger partial charge >= 0.3 is 0 Å². The van der Waals surface area contributed by atoms with Crippen LogP contribution in [0.2, 0.25) is 0 Å². The Morgan fingerprint density at radius 1 is 1.35 bits per heavy atom. The zero-order valence-electron chi connectivity index (χ0n) is 12.6. The number of hydrogen-bond donors (Lipinski definition) is 3. The van der Waals surface area contributed by atoms with Gasteiger partial charge in [0.25, 0.3) is 0 Å². The maximum atomic E-state index is 13.2. The molecule has 0 aliphatic heterocycles. The molecular formula is C15H24FN3O. The van der Waals surface area contributed by atoms with Gasteiger partial charge < -0.3 is 15.7 Å². The van der Waals surface area contributed by atoms with Crippen molar-refractivity contribution in [3.63, 3.8) is 0 Å². The van der Waals surface area contributed by atoms with Crippen molar-refractivity contribution in [3.8, 4) is 5.75 Å². The number of rotatable bonds is 5. The van der Waals surface area contributed by atoms with Gasteiger partial charge in [-0.15, -0.1) is 0 Å². The number of nitrogens with one attached hydrogen (secondary N) is 2. The topological polar surface area (TPSA) is 56.7 Å². The van der Waals surface area contributed by atoms with Crippen LogP contribution in [0, 0.1) is 11.7 Å². The quantitative estimate of drug-likeness (QED) is 0.574. The van der Waals surface area contributed by atoms with E-state index in [1.165, 1.54) is 12.1 Å². The Morgan fingerprint density at radius 2 is 2.05 bits per heavy atom. The molecule has 0 fully saturated rings. The molecule has 4 nitrogen and oxygen atoms in total. The Balaban J connectivity index is 2.73. The number of aromatic hydroxyl groups is 1. The highest BCUT2D eigenvalue weighted by Gasteiger charge is 2.09. The number of guanidine groups is 1. The molecule has 1 aromatic rings. The van der Waals surface area contributed by atoms with Crippen LogP contribution in [-0.2, 0) is 6.54 Å². The fourth-order valence-electron chi connectivity index (χ4n) is 1.52. The number of phenolic OH excluding ortho intramolecular Hbond substituents is 1. The summed E-state index contributed by atoms with van der Waals surface area (Å²) < 4.78 is 13.2. The molecule has 0 saturated heterocycles. The van der Waals surface area contributed by atoms with Crippen LogP contribution in [0.5, 0.6) is 5.75 Å². The van der Waals surface area contributed by atoms with E-state index in [0.29, 0.717) is 24.5 Å². The van der Waals surface area contributed by atoms with Crippen LogP contribution in [0.3, 0.4) is 0 Å².